The molecule has 3 heterocycles. The van der Waals surface area contributed by atoms with E-state index in [4.69, 9.17) is 27.6 Å². The molecule has 1 amide bonds. The van der Waals surface area contributed by atoms with Crippen LogP contribution in [0.1, 0.15) is 12.8 Å². The minimum absolute atomic E-state index is 0.0701. The van der Waals surface area contributed by atoms with Crippen LogP contribution in [-0.2, 0) is 14.8 Å². The van der Waals surface area contributed by atoms with E-state index in [1.165, 1.54) is 0 Å². The van der Waals surface area contributed by atoms with Crippen molar-refractivity contribution >= 4 is 56.5 Å². The number of halogens is 3. The van der Waals surface area contributed by atoms with Gasteiger partial charge in [0.15, 0.2) is 0 Å². The molecular weight excluding hydrogens is 478 g/mol. The number of thiophene rings is 1. The minimum Gasteiger partial charge on any atom is -0.403 e. The van der Waals surface area contributed by atoms with Crippen LogP contribution in [0.5, 0.6) is 0 Å². The van der Waals surface area contributed by atoms with Crippen LogP contribution in [0, 0.1) is 5.82 Å². The van der Waals surface area contributed by atoms with E-state index in [1.54, 1.807) is 6.07 Å². The lowest BCUT2D eigenvalue weighted by molar-refractivity contribution is -0.119. The third-order valence-corrected chi connectivity index (χ3v) is 7.88. The molecule has 0 saturated carbocycles. The van der Waals surface area contributed by atoms with E-state index >= 15 is 0 Å². The molecule has 3 aromatic rings. The third kappa shape index (κ3) is 4.08. The van der Waals surface area contributed by atoms with Crippen molar-refractivity contribution in [2.75, 3.05) is 11.9 Å². The van der Waals surface area contributed by atoms with Crippen LogP contribution in [0.3, 0.4) is 0 Å². The molecule has 0 spiro atoms. The number of anilines is 1. The second-order valence-corrected chi connectivity index (χ2v) is 10.5. The number of sulfonamides is 1. The van der Waals surface area contributed by atoms with Crippen LogP contribution in [-0.4, -0.2) is 41.4 Å². The van der Waals surface area contributed by atoms with Crippen LogP contribution < -0.4 is 5.32 Å². The molecule has 8 nitrogen and oxygen atoms in total. The van der Waals surface area contributed by atoms with Gasteiger partial charge in [0, 0.05) is 6.54 Å². The summed E-state index contributed by atoms with van der Waals surface area (Å²) in [6.45, 7) is 0.163. The Morgan fingerprint density at radius 1 is 1.27 bits per heavy atom. The van der Waals surface area contributed by atoms with Crippen molar-refractivity contribution < 1.29 is 22.0 Å². The monoisotopic (exact) mass is 490 g/mol. The maximum atomic E-state index is 13.1. The van der Waals surface area contributed by atoms with Crippen molar-refractivity contribution in [3.05, 3.63) is 44.8 Å². The van der Waals surface area contributed by atoms with Gasteiger partial charge in [-0.1, -0.05) is 28.3 Å². The molecule has 1 saturated heterocycles. The number of carbonyl (C=O) groups is 1. The normalized spacial score (nSPS) is 17.4. The number of nitrogens with one attached hydrogen (secondary N) is 1. The van der Waals surface area contributed by atoms with Gasteiger partial charge in [-0.25, -0.2) is 12.8 Å². The highest BCUT2D eigenvalue weighted by Crippen LogP contribution is 2.38. The lowest BCUT2D eigenvalue weighted by Crippen LogP contribution is -2.43. The summed E-state index contributed by atoms with van der Waals surface area (Å²) >= 11 is 13.1. The first kappa shape index (κ1) is 21.2. The first-order valence-electron chi connectivity index (χ1n) is 8.62. The zero-order valence-corrected chi connectivity index (χ0v) is 18.2. The summed E-state index contributed by atoms with van der Waals surface area (Å²) < 4.78 is 46.2. The van der Waals surface area contributed by atoms with Crippen LogP contribution in [0.25, 0.3) is 11.5 Å². The van der Waals surface area contributed by atoms with Crippen molar-refractivity contribution in [2.45, 2.75) is 23.8 Å². The number of aromatic nitrogens is 2. The number of rotatable bonds is 5. The highest BCUT2D eigenvalue weighted by atomic mass is 35.5. The topological polar surface area (TPSA) is 105 Å². The highest BCUT2D eigenvalue weighted by Gasteiger charge is 2.40. The number of amides is 1. The molecule has 13 heteroatoms. The van der Waals surface area contributed by atoms with E-state index < -0.39 is 27.8 Å². The molecule has 4 rings (SSSR count). The zero-order chi connectivity index (χ0) is 21.5. The van der Waals surface area contributed by atoms with E-state index in [1.807, 2.05) is 0 Å². The molecule has 0 aliphatic carbocycles. The van der Waals surface area contributed by atoms with E-state index in [9.17, 15) is 17.6 Å². The molecule has 1 atom stereocenters. The first-order valence-corrected chi connectivity index (χ1v) is 11.6. The molecular formula is C17H13Cl2FN4O4S2. The van der Waals surface area contributed by atoms with Crippen LogP contribution in [0.15, 0.2) is 39.6 Å². The molecule has 1 aliphatic heterocycles. The van der Waals surface area contributed by atoms with Crippen LogP contribution >= 0.6 is 34.5 Å². The average Bonchev–Trinajstić information content (AvgIpc) is 3.42. The van der Waals surface area contributed by atoms with Crippen molar-refractivity contribution in [1.29, 1.82) is 0 Å². The second kappa shape index (κ2) is 8.23. The van der Waals surface area contributed by atoms with Gasteiger partial charge in [0.2, 0.25) is 15.9 Å². The second-order valence-electron chi connectivity index (χ2n) is 6.37. The maximum Gasteiger partial charge on any atom is 0.322 e. The van der Waals surface area contributed by atoms with Gasteiger partial charge >= 0.3 is 6.01 Å². The molecule has 0 bridgehead atoms. The van der Waals surface area contributed by atoms with Gasteiger partial charge in [0.25, 0.3) is 5.89 Å². The summed E-state index contributed by atoms with van der Waals surface area (Å²) in [7, 11) is -3.97. The predicted octanol–water partition coefficient (Wildman–Crippen LogP) is 4.04. The van der Waals surface area contributed by atoms with Crippen molar-refractivity contribution in [3.8, 4) is 11.5 Å². The average molecular weight is 491 g/mol. The summed E-state index contributed by atoms with van der Waals surface area (Å²) in [5, 5.41) is 10.0. The molecule has 0 unspecified atom stereocenters. The number of hydrogen-bond acceptors (Lipinski definition) is 7. The molecule has 1 aromatic carbocycles. The van der Waals surface area contributed by atoms with E-state index in [-0.39, 0.29) is 23.3 Å². The third-order valence-electron chi connectivity index (χ3n) is 4.47. The summed E-state index contributed by atoms with van der Waals surface area (Å²) in [5.74, 6) is -1.09. The Morgan fingerprint density at radius 3 is 2.67 bits per heavy atom. The Hall–Kier alpha value is -2.05. The molecule has 158 valence electrons. The standard InChI is InChI=1S/C17H13Cl2FN4O4S2/c18-13-8-11(14(19)29-13)16-22-23-17(28-16)21-15(25)12-2-1-7-24(12)30(26,27)10-5-3-9(20)4-6-10/h3-6,8,12H,1-2,7H2,(H,21,23,25)/t12-/m0/s1. The highest BCUT2D eigenvalue weighted by molar-refractivity contribution is 7.89. The lowest BCUT2D eigenvalue weighted by Gasteiger charge is -2.22. The van der Waals surface area contributed by atoms with E-state index in [2.05, 4.69) is 15.5 Å². The molecule has 1 fully saturated rings. The molecule has 1 N–H and O–H groups in total. The number of carbonyl (C=O) groups excluding carboxylic acids is 1. The number of hydrogen-bond donors (Lipinski definition) is 1. The fraction of sp³-hybridized carbons (Fsp3) is 0.235. The fourth-order valence-electron chi connectivity index (χ4n) is 3.09. The zero-order valence-electron chi connectivity index (χ0n) is 15.0. The van der Waals surface area contributed by atoms with E-state index in [0.717, 1.165) is 39.9 Å². The SMILES string of the molecule is O=C(Nc1nnc(-c2cc(Cl)sc2Cl)o1)[C@@H]1CCCN1S(=O)(=O)c1ccc(F)cc1. The molecule has 0 radical (unpaired) electrons. The largest absolute Gasteiger partial charge is 0.403 e. The van der Waals surface area contributed by atoms with E-state index in [0.29, 0.717) is 27.1 Å². The summed E-state index contributed by atoms with van der Waals surface area (Å²) in [4.78, 5) is 12.6. The quantitative estimate of drug-likeness (QED) is 0.578. The Labute approximate surface area is 184 Å². The van der Waals surface area contributed by atoms with Crippen molar-refractivity contribution in [3.63, 3.8) is 0 Å². The summed E-state index contributed by atoms with van der Waals surface area (Å²) in [5.41, 5.74) is 0.432. The van der Waals surface area contributed by atoms with Crippen molar-refractivity contribution in [2.24, 2.45) is 0 Å². The van der Waals surface area contributed by atoms with Gasteiger partial charge in [0.05, 0.1) is 14.8 Å². The number of benzene rings is 1. The van der Waals surface area contributed by atoms with Crippen LogP contribution in [0.4, 0.5) is 10.4 Å². The number of nitrogens with zero attached hydrogens (tertiary/aromatic N) is 3. The summed E-state index contributed by atoms with van der Waals surface area (Å²) in [6.07, 6.45) is 0.815. The Morgan fingerprint density at radius 2 is 2.00 bits per heavy atom. The fourth-order valence-corrected chi connectivity index (χ4v) is 6.19. The minimum atomic E-state index is -3.97. The Kier molecular flexibility index (Phi) is 5.82. The molecule has 30 heavy (non-hydrogen) atoms. The predicted molar refractivity (Wildman–Crippen MR) is 110 cm³/mol. The molecule has 1 aliphatic rings. The lowest BCUT2D eigenvalue weighted by atomic mass is 10.2. The Balaban J connectivity index is 1.52. The summed E-state index contributed by atoms with van der Waals surface area (Å²) in [6, 6.07) is 4.84. The smallest absolute Gasteiger partial charge is 0.322 e. The van der Waals surface area contributed by atoms with Gasteiger partial charge in [-0.05, 0) is 43.2 Å². The maximum absolute atomic E-state index is 13.1. The van der Waals surface area contributed by atoms with Gasteiger partial charge < -0.3 is 4.42 Å². The van der Waals surface area contributed by atoms with Crippen LogP contribution in [0.2, 0.25) is 8.67 Å². The van der Waals surface area contributed by atoms with Crippen molar-refractivity contribution in [1.82, 2.24) is 14.5 Å². The van der Waals surface area contributed by atoms with Gasteiger partial charge in [0.1, 0.15) is 16.2 Å². The molecule has 2 aromatic heterocycles. The van der Waals surface area contributed by atoms with Gasteiger partial charge in [-0.2, -0.15) is 4.31 Å². The Bertz CT molecular complexity index is 1200. The van der Waals surface area contributed by atoms with Gasteiger partial charge in [-0.3, -0.25) is 10.1 Å². The van der Waals surface area contributed by atoms with Gasteiger partial charge in [-0.15, -0.1) is 16.4 Å². The first-order chi connectivity index (χ1) is 14.3.